The molecule has 0 aliphatic rings. The fraction of sp³-hybridized carbons (Fsp3) is 0.316. The van der Waals surface area contributed by atoms with Crippen LogP contribution in [0.15, 0.2) is 48.5 Å². The fourth-order valence-corrected chi connectivity index (χ4v) is 2.25. The summed E-state index contributed by atoms with van der Waals surface area (Å²) in [7, 11) is 0. The SMILES string of the molecule is Cc1ccc(CC(C)C(=O)Nc2ccc(OCCN)cc2)cc1.Cl. The Morgan fingerprint density at radius 1 is 1.12 bits per heavy atom. The van der Waals surface area contributed by atoms with Crippen molar-refractivity contribution in [3.05, 3.63) is 59.7 Å². The molecule has 0 bridgehead atoms. The van der Waals surface area contributed by atoms with Crippen LogP contribution in [0.3, 0.4) is 0 Å². The molecule has 130 valence electrons. The summed E-state index contributed by atoms with van der Waals surface area (Å²) < 4.78 is 5.41. The predicted octanol–water partition coefficient (Wildman–Crippen LogP) is 3.57. The van der Waals surface area contributed by atoms with Gasteiger partial charge in [-0.05, 0) is 43.2 Å². The topological polar surface area (TPSA) is 64.3 Å². The average molecular weight is 349 g/mol. The monoisotopic (exact) mass is 348 g/mol. The van der Waals surface area contributed by atoms with Crippen molar-refractivity contribution in [1.82, 2.24) is 0 Å². The van der Waals surface area contributed by atoms with Crippen molar-refractivity contribution in [3.63, 3.8) is 0 Å². The lowest BCUT2D eigenvalue weighted by molar-refractivity contribution is -0.119. The van der Waals surface area contributed by atoms with Gasteiger partial charge >= 0.3 is 0 Å². The molecule has 2 aromatic rings. The van der Waals surface area contributed by atoms with Gasteiger partial charge in [0.05, 0.1) is 0 Å². The first kappa shape index (κ1) is 20.0. The van der Waals surface area contributed by atoms with Gasteiger partial charge in [-0.15, -0.1) is 12.4 Å². The summed E-state index contributed by atoms with van der Waals surface area (Å²) in [5.74, 6) is 0.674. The van der Waals surface area contributed by atoms with Crippen LogP contribution in [0.4, 0.5) is 5.69 Å². The molecular weight excluding hydrogens is 324 g/mol. The third-order valence-electron chi connectivity index (χ3n) is 3.62. The van der Waals surface area contributed by atoms with Crippen molar-refractivity contribution in [2.75, 3.05) is 18.5 Å². The van der Waals surface area contributed by atoms with E-state index in [9.17, 15) is 4.79 Å². The van der Waals surface area contributed by atoms with Crippen LogP contribution in [0.5, 0.6) is 5.75 Å². The molecule has 2 aromatic carbocycles. The second-order valence-corrected chi connectivity index (χ2v) is 5.74. The first-order valence-corrected chi connectivity index (χ1v) is 7.88. The van der Waals surface area contributed by atoms with Gasteiger partial charge in [-0.2, -0.15) is 0 Å². The van der Waals surface area contributed by atoms with Gasteiger partial charge in [-0.25, -0.2) is 0 Å². The predicted molar refractivity (Wildman–Crippen MR) is 101 cm³/mol. The maximum atomic E-state index is 12.3. The van der Waals surface area contributed by atoms with Crippen LogP contribution < -0.4 is 15.8 Å². The van der Waals surface area contributed by atoms with Crippen LogP contribution >= 0.6 is 12.4 Å². The molecule has 3 N–H and O–H groups in total. The number of rotatable bonds is 7. The summed E-state index contributed by atoms with van der Waals surface area (Å²) in [5.41, 5.74) is 8.56. The lowest BCUT2D eigenvalue weighted by atomic mass is 9.99. The highest BCUT2D eigenvalue weighted by molar-refractivity contribution is 5.92. The number of hydrogen-bond acceptors (Lipinski definition) is 3. The van der Waals surface area contributed by atoms with E-state index < -0.39 is 0 Å². The highest BCUT2D eigenvalue weighted by Gasteiger charge is 2.13. The van der Waals surface area contributed by atoms with Gasteiger partial charge in [0.15, 0.2) is 0 Å². The number of aryl methyl sites for hydroxylation is 1. The second-order valence-electron chi connectivity index (χ2n) is 5.74. The quantitative estimate of drug-likeness (QED) is 0.804. The lowest BCUT2D eigenvalue weighted by Gasteiger charge is -2.13. The van der Waals surface area contributed by atoms with E-state index in [1.165, 1.54) is 11.1 Å². The molecule has 0 heterocycles. The Bertz CT molecular complexity index is 627. The standard InChI is InChI=1S/C19H24N2O2.ClH/c1-14-3-5-16(6-4-14)13-15(2)19(22)21-17-7-9-18(10-8-17)23-12-11-20;/h3-10,15H,11-13,20H2,1-2H3,(H,21,22);1H. The maximum Gasteiger partial charge on any atom is 0.227 e. The Hall–Kier alpha value is -2.04. The zero-order chi connectivity index (χ0) is 16.7. The van der Waals surface area contributed by atoms with E-state index in [2.05, 4.69) is 36.5 Å². The molecule has 0 spiro atoms. The minimum absolute atomic E-state index is 0. The molecule has 0 aromatic heterocycles. The highest BCUT2D eigenvalue weighted by Crippen LogP contribution is 2.17. The van der Waals surface area contributed by atoms with Gasteiger partial charge in [0.2, 0.25) is 5.91 Å². The van der Waals surface area contributed by atoms with E-state index >= 15 is 0 Å². The van der Waals surface area contributed by atoms with Crippen molar-refractivity contribution in [2.45, 2.75) is 20.3 Å². The summed E-state index contributed by atoms with van der Waals surface area (Å²) in [5, 5.41) is 2.94. The smallest absolute Gasteiger partial charge is 0.227 e. The molecule has 0 fully saturated rings. The Kier molecular flexibility index (Phi) is 8.30. The molecule has 0 aliphatic heterocycles. The number of nitrogens with one attached hydrogen (secondary N) is 1. The van der Waals surface area contributed by atoms with Crippen LogP contribution in [-0.2, 0) is 11.2 Å². The average Bonchev–Trinajstić information content (AvgIpc) is 2.56. The second kappa shape index (κ2) is 9.96. The Morgan fingerprint density at radius 3 is 2.33 bits per heavy atom. The number of halogens is 1. The van der Waals surface area contributed by atoms with E-state index in [1.54, 1.807) is 0 Å². The maximum absolute atomic E-state index is 12.3. The van der Waals surface area contributed by atoms with Gasteiger partial charge in [-0.1, -0.05) is 36.8 Å². The summed E-state index contributed by atoms with van der Waals surface area (Å²) in [6.45, 7) is 4.96. The third kappa shape index (κ3) is 6.22. The number of carbonyl (C=O) groups is 1. The van der Waals surface area contributed by atoms with Gasteiger partial charge in [-0.3, -0.25) is 4.79 Å². The fourth-order valence-electron chi connectivity index (χ4n) is 2.25. The zero-order valence-electron chi connectivity index (χ0n) is 14.1. The van der Waals surface area contributed by atoms with Crippen molar-refractivity contribution in [1.29, 1.82) is 0 Å². The zero-order valence-corrected chi connectivity index (χ0v) is 14.9. The van der Waals surface area contributed by atoms with E-state index in [0.717, 1.165) is 17.9 Å². The van der Waals surface area contributed by atoms with Crippen molar-refractivity contribution < 1.29 is 9.53 Å². The number of amides is 1. The number of ether oxygens (including phenoxy) is 1. The van der Waals surface area contributed by atoms with E-state index in [1.807, 2.05) is 31.2 Å². The molecular formula is C19H25ClN2O2. The third-order valence-corrected chi connectivity index (χ3v) is 3.62. The molecule has 5 heteroatoms. The van der Waals surface area contributed by atoms with Gasteiger partial charge < -0.3 is 15.8 Å². The molecule has 2 rings (SSSR count). The molecule has 1 atom stereocenters. The van der Waals surface area contributed by atoms with Crippen molar-refractivity contribution in [2.24, 2.45) is 11.7 Å². The van der Waals surface area contributed by atoms with Crippen LogP contribution in [0.1, 0.15) is 18.1 Å². The largest absolute Gasteiger partial charge is 0.492 e. The first-order valence-electron chi connectivity index (χ1n) is 7.88. The van der Waals surface area contributed by atoms with E-state index in [0.29, 0.717) is 13.2 Å². The van der Waals surface area contributed by atoms with Crippen LogP contribution in [0.25, 0.3) is 0 Å². The van der Waals surface area contributed by atoms with E-state index in [4.69, 9.17) is 10.5 Å². The van der Waals surface area contributed by atoms with Crippen molar-refractivity contribution in [3.8, 4) is 5.75 Å². The number of carbonyl (C=O) groups excluding carboxylic acids is 1. The first-order chi connectivity index (χ1) is 11.1. The minimum Gasteiger partial charge on any atom is -0.492 e. The Balaban J connectivity index is 0.00000288. The van der Waals surface area contributed by atoms with E-state index in [-0.39, 0.29) is 24.2 Å². The Morgan fingerprint density at radius 2 is 1.75 bits per heavy atom. The number of hydrogen-bond donors (Lipinski definition) is 2. The number of nitrogens with two attached hydrogens (primary N) is 1. The summed E-state index contributed by atoms with van der Waals surface area (Å²) in [6.07, 6.45) is 0.726. The summed E-state index contributed by atoms with van der Waals surface area (Å²) >= 11 is 0. The molecule has 4 nitrogen and oxygen atoms in total. The molecule has 24 heavy (non-hydrogen) atoms. The Labute approximate surface area is 149 Å². The van der Waals surface area contributed by atoms with Crippen LogP contribution in [0, 0.1) is 12.8 Å². The lowest BCUT2D eigenvalue weighted by Crippen LogP contribution is -2.22. The molecule has 0 saturated carbocycles. The summed E-state index contributed by atoms with van der Waals surface area (Å²) in [4.78, 5) is 12.3. The minimum atomic E-state index is -0.0918. The van der Waals surface area contributed by atoms with Crippen LogP contribution in [0.2, 0.25) is 0 Å². The molecule has 0 radical (unpaired) electrons. The van der Waals surface area contributed by atoms with Crippen molar-refractivity contribution >= 4 is 24.0 Å². The number of benzene rings is 2. The molecule has 0 saturated heterocycles. The summed E-state index contributed by atoms with van der Waals surface area (Å²) in [6, 6.07) is 15.6. The molecule has 1 amide bonds. The van der Waals surface area contributed by atoms with Gasteiger partial charge in [0.1, 0.15) is 12.4 Å². The normalized spacial score (nSPS) is 11.3. The number of anilines is 1. The van der Waals surface area contributed by atoms with Crippen LogP contribution in [-0.4, -0.2) is 19.1 Å². The highest BCUT2D eigenvalue weighted by atomic mass is 35.5. The molecule has 0 aliphatic carbocycles. The molecule has 1 unspecified atom stereocenters. The van der Waals surface area contributed by atoms with Gasteiger partial charge in [0.25, 0.3) is 0 Å². The van der Waals surface area contributed by atoms with Gasteiger partial charge in [0, 0.05) is 18.2 Å².